The number of alkyl halides is 3. The lowest BCUT2D eigenvalue weighted by molar-refractivity contribution is -0.384. The zero-order chi connectivity index (χ0) is 24.2. The van der Waals surface area contributed by atoms with Gasteiger partial charge in [-0.05, 0) is 18.6 Å². The Morgan fingerprint density at radius 3 is 2.70 bits per heavy atom. The normalized spacial score (nSPS) is 11.5. The van der Waals surface area contributed by atoms with Crippen LogP contribution >= 0.6 is 11.8 Å². The lowest BCUT2D eigenvalue weighted by atomic mass is 10.1. The number of nitrogen functional groups attached to an aromatic ring is 1. The molecule has 0 bridgehead atoms. The zero-order valence-corrected chi connectivity index (χ0v) is 17.5. The number of nitrogens with two attached hydrogens (primary N) is 1. The Morgan fingerprint density at radius 2 is 2.00 bits per heavy atom. The average molecular weight is 486 g/mol. The zero-order valence-electron chi connectivity index (χ0n) is 16.7. The molecule has 0 atom stereocenters. The Kier molecular flexibility index (Phi) is 7.05. The van der Waals surface area contributed by atoms with E-state index in [0.29, 0.717) is 17.6 Å². The summed E-state index contributed by atoms with van der Waals surface area (Å²) >= 11 is 1.04. The molecule has 0 radical (unpaired) electrons. The molecule has 0 fully saturated rings. The van der Waals surface area contributed by atoms with Gasteiger partial charge >= 0.3 is 6.18 Å². The summed E-state index contributed by atoms with van der Waals surface area (Å²) in [7, 11) is 0. The molecule has 6 N–H and O–H groups in total. The van der Waals surface area contributed by atoms with Crippen molar-refractivity contribution in [3.05, 3.63) is 44.2 Å². The van der Waals surface area contributed by atoms with Gasteiger partial charge in [-0.15, -0.1) is 0 Å². The molecule has 33 heavy (non-hydrogen) atoms. The third-order valence-electron chi connectivity index (χ3n) is 4.21. The summed E-state index contributed by atoms with van der Waals surface area (Å²) in [4.78, 5) is 46.9. The molecule has 2 heterocycles. The molecule has 0 aliphatic heterocycles. The minimum Gasteiger partial charge on any atom is -0.379 e. The maximum Gasteiger partial charge on any atom is 0.416 e. The van der Waals surface area contributed by atoms with E-state index < -0.39 is 27.9 Å². The number of anilines is 2. The van der Waals surface area contributed by atoms with Gasteiger partial charge in [0.15, 0.2) is 16.3 Å². The molecule has 1 amide bonds. The molecule has 0 aliphatic rings. The number of aromatic nitrogens is 4. The van der Waals surface area contributed by atoms with Gasteiger partial charge in [-0.1, -0.05) is 11.8 Å². The molecule has 176 valence electrons. The molecule has 3 aromatic rings. The van der Waals surface area contributed by atoms with Crippen LogP contribution in [0.2, 0.25) is 0 Å². The van der Waals surface area contributed by atoms with Gasteiger partial charge in [-0.2, -0.15) is 18.2 Å². The van der Waals surface area contributed by atoms with Crippen molar-refractivity contribution >= 4 is 46.2 Å². The van der Waals surface area contributed by atoms with Gasteiger partial charge in [-0.25, -0.2) is 4.98 Å². The predicted octanol–water partition coefficient (Wildman–Crippen LogP) is 1.87. The second-order valence-corrected chi connectivity index (χ2v) is 7.56. The highest BCUT2D eigenvalue weighted by Gasteiger charge is 2.33. The van der Waals surface area contributed by atoms with Gasteiger partial charge in [0.1, 0.15) is 5.69 Å². The fourth-order valence-electron chi connectivity index (χ4n) is 2.70. The van der Waals surface area contributed by atoms with Gasteiger partial charge < -0.3 is 21.4 Å². The number of carbonyl (C=O) groups excluding carboxylic acids is 1. The molecule has 1 aromatic carbocycles. The number of imidazole rings is 1. The number of thioether (sulfide) groups is 1. The van der Waals surface area contributed by atoms with Crippen molar-refractivity contribution in [3.8, 4) is 0 Å². The number of hydrogen-bond acceptors (Lipinski definition) is 9. The molecule has 0 aliphatic carbocycles. The summed E-state index contributed by atoms with van der Waals surface area (Å²) in [6.07, 6.45) is -4.33. The van der Waals surface area contributed by atoms with Crippen LogP contribution in [0.15, 0.2) is 28.2 Å². The Balaban J connectivity index is 1.44. The van der Waals surface area contributed by atoms with Crippen molar-refractivity contribution in [2.24, 2.45) is 0 Å². The SMILES string of the molecule is Nc1nc2nc(SCC(=O)NCCCNc3ccc(C(F)(F)F)cc3[N+](=O)[O-])[nH]c2c(=O)[nH]1. The van der Waals surface area contributed by atoms with Gasteiger partial charge in [-0.3, -0.25) is 24.7 Å². The molecule has 0 spiro atoms. The van der Waals surface area contributed by atoms with E-state index in [-0.39, 0.29) is 47.5 Å². The fourth-order valence-corrected chi connectivity index (χ4v) is 3.40. The van der Waals surface area contributed by atoms with Crippen molar-refractivity contribution in [2.75, 3.05) is 29.9 Å². The van der Waals surface area contributed by atoms with Crippen LogP contribution in [0.4, 0.5) is 30.5 Å². The van der Waals surface area contributed by atoms with Crippen molar-refractivity contribution in [1.82, 2.24) is 25.3 Å². The van der Waals surface area contributed by atoms with E-state index in [1.54, 1.807) is 0 Å². The van der Waals surface area contributed by atoms with E-state index in [9.17, 15) is 32.9 Å². The number of hydrogen-bond donors (Lipinski definition) is 5. The second-order valence-electron chi connectivity index (χ2n) is 6.60. The Bertz CT molecular complexity index is 1240. The van der Waals surface area contributed by atoms with E-state index in [1.807, 2.05) is 0 Å². The van der Waals surface area contributed by atoms with Crippen LogP contribution in [-0.2, 0) is 11.0 Å². The molecule has 2 aromatic heterocycles. The number of halogens is 3. The number of nitro groups is 1. The summed E-state index contributed by atoms with van der Waals surface area (Å²) < 4.78 is 38.2. The molecule has 12 nitrogen and oxygen atoms in total. The van der Waals surface area contributed by atoms with E-state index in [4.69, 9.17) is 5.73 Å². The van der Waals surface area contributed by atoms with Crippen LogP contribution in [0.1, 0.15) is 12.0 Å². The monoisotopic (exact) mass is 486 g/mol. The molecule has 0 saturated heterocycles. The number of rotatable bonds is 9. The van der Waals surface area contributed by atoms with Gasteiger partial charge in [0.05, 0.1) is 16.2 Å². The Hall–Kier alpha value is -3.82. The smallest absolute Gasteiger partial charge is 0.379 e. The molecule has 3 rings (SSSR count). The van der Waals surface area contributed by atoms with E-state index in [0.717, 1.165) is 23.9 Å². The first-order chi connectivity index (χ1) is 15.5. The summed E-state index contributed by atoms with van der Waals surface area (Å²) in [6, 6.07) is 2.22. The number of carbonyl (C=O) groups is 1. The van der Waals surface area contributed by atoms with E-state index >= 15 is 0 Å². The van der Waals surface area contributed by atoms with Crippen LogP contribution in [0.5, 0.6) is 0 Å². The summed E-state index contributed by atoms with van der Waals surface area (Å²) in [5.41, 5.74) is 3.37. The largest absolute Gasteiger partial charge is 0.416 e. The highest BCUT2D eigenvalue weighted by atomic mass is 32.2. The summed E-state index contributed by atoms with van der Waals surface area (Å²) in [6.45, 7) is 0.401. The molecular formula is C17H17F3N8O4S. The third-order valence-corrected chi connectivity index (χ3v) is 5.08. The maximum absolute atomic E-state index is 12.7. The Morgan fingerprint density at radius 1 is 1.24 bits per heavy atom. The lowest BCUT2D eigenvalue weighted by Crippen LogP contribution is -2.27. The quantitative estimate of drug-likeness (QED) is 0.130. The van der Waals surface area contributed by atoms with Crippen molar-refractivity contribution in [3.63, 3.8) is 0 Å². The number of nitrogens with zero attached hydrogens (tertiary/aromatic N) is 3. The fraction of sp³-hybridized carbons (Fsp3) is 0.294. The topological polar surface area (TPSA) is 185 Å². The van der Waals surface area contributed by atoms with Crippen LogP contribution in [0.25, 0.3) is 11.2 Å². The van der Waals surface area contributed by atoms with Crippen molar-refractivity contribution in [2.45, 2.75) is 17.8 Å². The van der Waals surface area contributed by atoms with Crippen molar-refractivity contribution < 1.29 is 22.9 Å². The standard InChI is InChI=1S/C17H17F3N8O4S/c18-17(19,20)8-2-3-9(10(6-8)28(31)32)22-4-1-5-23-11(29)7-33-16-24-12-13(26-16)25-15(21)27-14(12)30/h2-3,6,22H,1,4-5,7H2,(H,23,29)(H4,21,24,25,26,27,30). The first-order valence-electron chi connectivity index (χ1n) is 9.29. The highest BCUT2D eigenvalue weighted by Crippen LogP contribution is 2.34. The number of benzene rings is 1. The first-order valence-corrected chi connectivity index (χ1v) is 10.3. The lowest BCUT2D eigenvalue weighted by Gasteiger charge is -2.11. The van der Waals surface area contributed by atoms with Crippen LogP contribution in [0.3, 0.4) is 0 Å². The number of nitrogens with one attached hydrogen (secondary N) is 4. The van der Waals surface area contributed by atoms with Crippen molar-refractivity contribution in [1.29, 1.82) is 0 Å². The van der Waals surface area contributed by atoms with Gasteiger partial charge in [0.25, 0.3) is 11.2 Å². The van der Waals surface area contributed by atoms with E-state index in [1.165, 1.54) is 0 Å². The number of aromatic amines is 2. The second kappa shape index (κ2) is 9.76. The molecule has 0 unspecified atom stereocenters. The number of amides is 1. The molecular weight excluding hydrogens is 469 g/mol. The minimum atomic E-state index is -4.69. The summed E-state index contributed by atoms with van der Waals surface area (Å²) in [5.74, 6) is -0.420. The van der Waals surface area contributed by atoms with Gasteiger partial charge in [0.2, 0.25) is 11.9 Å². The molecule has 16 heteroatoms. The Labute approximate surface area is 186 Å². The average Bonchev–Trinajstić information content (AvgIpc) is 3.14. The predicted molar refractivity (Wildman–Crippen MR) is 114 cm³/mol. The maximum atomic E-state index is 12.7. The third kappa shape index (κ3) is 6.12. The van der Waals surface area contributed by atoms with Crippen LogP contribution in [-0.4, -0.2) is 49.6 Å². The number of fused-ring (bicyclic) bond motifs is 1. The minimum absolute atomic E-state index is 0.00892. The molecule has 0 saturated carbocycles. The first kappa shape index (κ1) is 23.8. The number of nitro benzene ring substituents is 1. The van der Waals surface area contributed by atoms with Crippen LogP contribution < -0.4 is 21.9 Å². The van der Waals surface area contributed by atoms with Gasteiger partial charge in [0, 0.05) is 19.2 Å². The van der Waals surface area contributed by atoms with E-state index in [2.05, 4.69) is 30.6 Å². The van der Waals surface area contributed by atoms with Crippen LogP contribution in [0, 0.1) is 10.1 Å². The summed E-state index contributed by atoms with van der Waals surface area (Å²) in [5, 5.41) is 16.7. The highest BCUT2D eigenvalue weighted by molar-refractivity contribution is 7.99. The number of H-pyrrole nitrogens is 2.